The molecule has 0 atom stereocenters. The molecule has 2 heterocycles. The van der Waals surface area contributed by atoms with Gasteiger partial charge in [-0.25, -0.2) is 0 Å². The summed E-state index contributed by atoms with van der Waals surface area (Å²) in [5.41, 5.74) is 6.15. The molecule has 0 radical (unpaired) electrons. The minimum atomic E-state index is 0.743. The third kappa shape index (κ3) is 4.05. The van der Waals surface area contributed by atoms with Crippen LogP contribution in [0.2, 0.25) is 0 Å². The first-order valence-electron chi connectivity index (χ1n) is 11.3. The second-order valence-electron chi connectivity index (χ2n) is 8.84. The molecule has 4 aromatic rings. The van der Waals surface area contributed by atoms with Gasteiger partial charge in [0.1, 0.15) is 5.69 Å². The second-order valence-corrected chi connectivity index (χ2v) is 8.84. The molecule has 0 bridgehead atoms. The van der Waals surface area contributed by atoms with Crippen molar-refractivity contribution in [2.75, 3.05) is 18.0 Å². The molecule has 1 aliphatic rings. The molecule has 0 spiro atoms. The minimum Gasteiger partial charge on any atom is -0.355 e. The highest BCUT2D eigenvalue weighted by atomic mass is 15.3. The highest BCUT2D eigenvalue weighted by Gasteiger charge is 2.23. The molecule has 0 saturated carbocycles. The maximum absolute atomic E-state index is 4.74. The zero-order chi connectivity index (χ0) is 21.2. The third-order valence-electron chi connectivity index (χ3n) is 6.73. The van der Waals surface area contributed by atoms with E-state index in [-0.39, 0.29) is 0 Å². The molecule has 31 heavy (non-hydrogen) atoms. The van der Waals surface area contributed by atoms with Gasteiger partial charge in [0.05, 0.1) is 0 Å². The first-order valence-corrected chi connectivity index (χ1v) is 11.3. The van der Waals surface area contributed by atoms with Crippen molar-refractivity contribution in [3.8, 4) is 11.3 Å². The Labute approximate surface area is 184 Å². The molecule has 1 aliphatic heterocycles. The summed E-state index contributed by atoms with van der Waals surface area (Å²) in [7, 11) is 0. The Kier molecular flexibility index (Phi) is 5.42. The Balaban J connectivity index is 1.41. The number of aryl methyl sites for hydroxylation is 2. The van der Waals surface area contributed by atoms with E-state index >= 15 is 0 Å². The van der Waals surface area contributed by atoms with Crippen LogP contribution in [0.5, 0.6) is 0 Å². The van der Waals surface area contributed by atoms with Crippen molar-refractivity contribution in [2.24, 2.45) is 5.92 Å². The van der Waals surface area contributed by atoms with Crippen LogP contribution < -0.4 is 4.90 Å². The maximum Gasteiger partial charge on any atom is 0.159 e. The lowest BCUT2D eigenvalue weighted by Gasteiger charge is -2.33. The standard InChI is InChI=1S/C28H29N3/c1-20-12-13-24(18-21(20)2)27-25-10-6-7-11-26(25)28(30-29-27)31-16-14-23(15-17-31)19-22-8-4-3-5-9-22/h3-13,18,23H,14-17,19H2,1-2H3. The summed E-state index contributed by atoms with van der Waals surface area (Å²) in [5, 5.41) is 11.8. The Bertz CT molecular complexity index is 1190. The Morgan fingerprint density at radius 2 is 1.48 bits per heavy atom. The van der Waals surface area contributed by atoms with Crippen molar-refractivity contribution in [2.45, 2.75) is 33.1 Å². The van der Waals surface area contributed by atoms with E-state index in [1.165, 1.54) is 46.7 Å². The Hall–Kier alpha value is -3.20. The molecule has 0 aliphatic carbocycles. The lowest BCUT2D eigenvalue weighted by molar-refractivity contribution is 0.402. The van der Waals surface area contributed by atoms with Gasteiger partial charge < -0.3 is 4.90 Å². The number of hydrogen-bond donors (Lipinski definition) is 0. The topological polar surface area (TPSA) is 29.0 Å². The lowest BCUT2D eigenvalue weighted by Crippen LogP contribution is -2.35. The Morgan fingerprint density at radius 3 is 2.23 bits per heavy atom. The van der Waals surface area contributed by atoms with Crippen LogP contribution in [0.3, 0.4) is 0 Å². The van der Waals surface area contributed by atoms with Crippen molar-refractivity contribution in [3.63, 3.8) is 0 Å². The summed E-state index contributed by atoms with van der Waals surface area (Å²) in [6.07, 6.45) is 3.57. The van der Waals surface area contributed by atoms with Gasteiger partial charge in [0, 0.05) is 29.4 Å². The molecule has 0 unspecified atom stereocenters. The molecule has 3 heteroatoms. The number of benzene rings is 3. The fourth-order valence-corrected chi connectivity index (χ4v) is 4.72. The number of rotatable bonds is 4. The Morgan fingerprint density at radius 1 is 0.774 bits per heavy atom. The highest BCUT2D eigenvalue weighted by Crippen LogP contribution is 2.34. The van der Waals surface area contributed by atoms with Gasteiger partial charge in [-0.2, -0.15) is 0 Å². The summed E-state index contributed by atoms with van der Waals surface area (Å²) in [6.45, 7) is 6.38. The monoisotopic (exact) mass is 407 g/mol. The van der Waals surface area contributed by atoms with Gasteiger partial charge in [-0.1, -0.05) is 66.7 Å². The molecule has 0 amide bonds. The molecule has 5 rings (SSSR count). The van der Waals surface area contributed by atoms with Gasteiger partial charge in [-0.15, -0.1) is 10.2 Å². The van der Waals surface area contributed by atoms with Crippen molar-refractivity contribution in [1.82, 2.24) is 10.2 Å². The molecule has 3 aromatic carbocycles. The predicted octanol–water partition coefficient (Wildman–Crippen LogP) is 6.37. The van der Waals surface area contributed by atoms with Crippen molar-refractivity contribution in [3.05, 3.63) is 89.5 Å². The van der Waals surface area contributed by atoms with E-state index in [4.69, 9.17) is 10.2 Å². The normalized spacial score (nSPS) is 14.8. The SMILES string of the molecule is Cc1ccc(-c2nnc(N3CCC(Cc4ccccc4)CC3)c3ccccc23)cc1C. The van der Waals surface area contributed by atoms with Crippen molar-refractivity contribution in [1.29, 1.82) is 0 Å². The minimum absolute atomic E-state index is 0.743. The van der Waals surface area contributed by atoms with Crippen LogP contribution in [0, 0.1) is 19.8 Å². The van der Waals surface area contributed by atoms with Gasteiger partial charge >= 0.3 is 0 Å². The largest absolute Gasteiger partial charge is 0.355 e. The average Bonchev–Trinajstić information content (AvgIpc) is 2.81. The second kappa shape index (κ2) is 8.50. The van der Waals surface area contributed by atoms with E-state index in [1.807, 2.05) is 0 Å². The lowest BCUT2D eigenvalue weighted by atomic mass is 9.90. The number of fused-ring (bicyclic) bond motifs is 1. The summed E-state index contributed by atoms with van der Waals surface area (Å²) in [5.74, 6) is 1.77. The summed E-state index contributed by atoms with van der Waals surface area (Å²) >= 11 is 0. The predicted molar refractivity (Wildman–Crippen MR) is 130 cm³/mol. The smallest absolute Gasteiger partial charge is 0.159 e. The highest BCUT2D eigenvalue weighted by molar-refractivity contribution is 6.00. The van der Waals surface area contributed by atoms with E-state index in [1.54, 1.807) is 0 Å². The van der Waals surface area contributed by atoms with Crippen LogP contribution in [0.25, 0.3) is 22.0 Å². The zero-order valence-corrected chi connectivity index (χ0v) is 18.4. The quantitative estimate of drug-likeness (QED) is 0.393. The van der Waals surface area contributed by atoms with Gasteiger partial charge in [0.2, 0.25) is 0 Å². The van der Waals surface area contributed by atoms with Crippen LogP contribution in [0.15, 0.2) is 72.8 Å². The van der Waals surface area contributed by atoms with Gasteiger partial charge in [0.15, 0.2) is 5.82 Å². The fourth-order valence-electron chi connectivity index (χ4n) is 4.72. The van der Waals surface area contributed by atoms with E-state index in [9.17, 15) is 0 Å². The number of aromatic nitrogens is 2. The maximum atomic E-state index is 4.74. The van der Waals surface area contributed by atoms with Gasteiger partial charge in [-0.05, 0) is 61.8 Å². The van der Waals surface area contributed by atoms with E-state index in [2.05, 4.69) is 91.5 Å². The summed E-state index contributed by atoms with van der Waals surface area (Å²) in [6, 6.07) is 26.0. The van der Waals surface area contributed by atoms with Crippen LogP contribution in [-0.2, 0) is 6.42 Å². The van der Waals surface area contributed by atoms with E-state index < -0.39 is 0 Å². The first-order chi connectivity index (χ1) is 15.2. The first kappa shape index (κ1) is 19.7. The van der Waals surface area contributed by atoms with Crippen LogP contribution in [0.1, 0.15) is 29.5 Å². The van der Waals surface area contributed by atoms with Crippen LogP contribution >= 0.6 is 0 Å². The number of nitrogens with zero attached hydrogens (tertiary/aromatic N) is 3. The molecule has 1 fully saturated rings. The van der Waals surface area contributed by atoms with E-state index in [0.29, 0.717) is 0 Å². The van der Waals surface area contributed by atoms with Gasteiger partial charge in [-0.3, -0.25) is 0 Å². The third-order valence-corrected chi connectivity index (χ3v) is 6.73. The van der Waals surface area contributed by atoms with Gasteiger partial charge in [0.25, 0.3) is 0 Å². The number of anilines is 1. The number of piperidine rings is 1. The van der Waals surface area contributed by atoms with Crippen LogP contribution in [0.4, 0.5) is 5.82 Å². The van der Waals surface area contributed by atoms with E-state index in [0.717, 1.165) is 36.1 Å². The molecule has 1 saturated heterocycles. The fraction of sp³-hybridized carbons (Fsp3) is 0.286. The average molecular weight is 408 g/mol. The van der Waals surface area contributed by atoms with Crippen LogP contribution in [-0.4, -0.2) is 23.3 Å². The number of hydrogen-bond acceptors (Lipinski definition) is 3. The molecule has 0 N–H and O–H groups in total. The molecule has 156 valence electrons. The zero-order valence-electron chi connectivity index (χ0n) is 18.4. The van der Waals surface area contributed by atoms with Crippen molar-refractivity contribution < 1.29 is 0 Å². The summed E-state index contributed by atoms with van der Waals surface area (Å²) in [4.78, 5) is 2.43. The molecular weight excluding hydrogens is 378 g/mol. The molecular formula is C28H29N3. The van der Waals surface area contributed by atoms with Crippen molar-refractivity contribution >= 4 is 16.6 Å². The summed E-state index contributed by atoms with van der Waals surface area (Å²) < 4.78 is 0. The molecule has 3 nitrogen and oxygen atoms in total. The molecule has 1 aromatic heterocycles.